The van der Waals surface area contributed by atoms with E-state index in [2.05, 4.69) is 6.58 Å². The summed E-state index contributed by atoms with van der Waals surface area (Å²) in [6, 6.07) is 0. The Balaban J connectivity index is 1.66. The van der Waals surface area contributed by atoms with E-state index >= 15 is 0 Å². The van der Waals surface area contributed by atoms with Crippen molar-refractivity contribution in [3.05, 3.63) is 12.2 Å². The Labute approximate surface area is 145 Å². The van der Waals surface area contributed by atoms with E-state index in [9.17, 15) is 9.59 Å². The van der Waals surface area contributed by atoms with Gasteiger partial charge in [0.05, 0.1) is 0 Å². The van der Waals surface area contributed by atoms with Crippen molar-refractivity contribution < 1.29 is 19.1 Å². The minimum absolute atomic E-state index is 0.124. The first-order valence-corrected chi connectivity index (χ1v) is 9.21. The highest BCUT2D eigenvalue weighted by Crippen LogP contribution is 2.61. The SMILES string of the molecule is C=C(C)C(=O)OC(C)(C)C(=O)OC(C)C12CC3CC(CC(C3)C1)C2. The summed E-state index contributed by atoms with van der Waals surface area (Å²) in [5, 5.41) is 0. The van der Waals surface area contributed by atoms with E-state index in [0.29, 0.717) is 0 Å². The molecular weight excluding hydrogens is 304 g/mol. The number of hydrogen-bond acceptors (Lipinski definition) is 4. The van der Waals surface area contributed by atoms with E-state index in [1.807, 2.05) is 6.92 Å². The lowest BCUT2D eigenvalue weighted by Gasteiger charge is -2.58. The zero-order chi connectivity index (χ0) is 17.7. The molecule has 4 rings (SSSR count). The van der Waals surface area contributed by atoms with E-state index < -0.39 is 17.5 Å². The Kier molecular flexibility index (Phi) is 4.29. The maximum Gasteiger partial charge on any atom is 0.350 e. The average Bonchev–Trinajstić information content (AvgIpc) is 2.44. The summed E-state index contributed by atoms with van der Waals surface area (Å²) in [5.41, 5.74) is -0.865. The van der Waals surface area contributed by atoms with E-state index in [1.165, 1.54) is 38.5 Å². The minimum Gasteiger partial charge on any atom is -0.459 e. The van der Waals surface area contributed by atoms with Crippen molar-refractivity contribution in [2.45, 2.75) is 77.9 Å². The lowest BCUT2D eigenvalue weighted by Crippen LogP contribution is -2.53. The summed E-state index contributed by atoms with van der Waals surface area (Å²) in [7, 11) is 0. The third-order valence-corrected chi connectivity index (χ3v) is 6.42. The van der Waals surface area contributed by atoms with Crippen molar-refractivity contribution in [3.8, 4) is 0 Å². The molecule has 4 heteroatoms. The molecule has 0 amide bonds. The second-order valence-electron chi connectivity index (χ2n) is 9.01. The summed E-state index contributed by atoms with van der Waals surface area (Å²) in [5.74, 6) is 1.42. The van der Waals surface area contributed by atoms with Crippen LogP contribution in [0.2, 0.25) is 0 Å². The monoisotopic (exact) mass is 334 g/mol. The third kappa shape index (κ3) is 3.12. The fourth-order valence-electron chi connectivity index (χ4n) is 5.46. The number of rotatable bonds is 5. The van der Waals surface area contributed by atoms with Crippen LogP contribution in [0.1, 0.15) is 66.2 Å². The van der Waals surface area contributed by atoms with Crippen molar-refractivity contribution in [3.63, 3.8) is 0 Å². The molecule has 4 saturated carbocycles. The van der Waals surface area contributed by atoms with E-state index in [0.717, 1.165) is 17.8 Å². The van der Waals surface area contributed by atoms with Gasteiger partial charge in [-0.3, -0.25) is 0 Å². The van der Waals surface area contributed by atoms with Gasteiger partial charge in [0.2, 0.25) is 5.60 Å². The Morgan fingerprint density at radius 2 is 1.54 bits per heavy atom. The van der Waals surface area contributed by atoms with Crippen molar-refractivity contribution in [2.75, 3.05) is 0 Å². The molecule has 4 aliphatic carbocycles. The zero-order valence-electron chi connectivity index (χ0n) is 15.4. The minimum atomic E-state index is -1.29. The Bertz CT molecular complexity index is 525. The van der Waals surface area contributed by atoms with E-state index in [-0.39, 0.29) is 17.1 Å². The van der Waals surface area contributed by atoms with Crippen LogP contribution in [0, 0.1) is 23.2 Å². The van der Waals surface area contributed by atoms with Gasteiger partial charge in [0.15, 0.2) is 0 Å². The topological polar surface area (TPSA) is 52.6 Å². The molecule has 24 heavy (non-hydrogen) atoms. The number of esters is 2. The molecule has 0 spiro atoms. The molecule has 0 aromatic heterocycles. The fraction of sp³-hybridized carbons (Fsp3) is 0.800. The molecule has 4 nitrogen and oxygen atoms in total. The van der Waals surface area contributed by atoms with Crippen LogP contribution in [-0.2, 0) is 19.1 Å². The van der Waals surface area contributed by atoms with Crippen LogP contribution < -0.4 is 0 Å². The molecule has 0 aliphatic heterocycles. The predicted molar refractivity (Wildman–Crippen MR) is 91.1 cm³/mol. The van der Waals surface area contributed by atoms with Crippen molar-refractivity contribution in [2.24, 2.45) is 23.2 Å². The summed E-state index contributed by atoms with van der Waals surface area (Å²) >= 11 is 0. The first kappa shape index (κ1) is 17.5. The van der Waals surface area contributed by atoms with Crippen LogP contribution in [0.4, 0.5) is 0 Å². The highest BCUT2D eigenvalue weighted by molar-refractivity contribution is 5.90. The average molecular weight is 334 g/mol. The largest absolute Gasteiger partial charge is 0.459 e. The second-order valence-corrected chi connectivity index (χ2v) is 9.01. The quantitative estimate of drug-likeness (QED) is 0.562. The van der Waals surface area contributed by atoms with Gasteiger partial charge in [0, 0.05) is 11.0 Å². The van der Waals surface area contributed by atoms with Gasteiger partial charge >= 0.3 is 11.9 Å². The molecule has 4 bridgehead atoms. The van der Waals surface area contributed by atoms with Gasteiger partial charge in [-0.1, -0.05) is 6.58 Å². The fourth-order valence-corrected chi connectivity index (χ4v) is 5.46. The van der Waals surface area contributed by atoms with Crippen molar-refractivity contribution >= 4 is 11.9 Å². The lowest BCUT2D eigenvalue weighted by molar-refractivity contribution is -0.193. The second kappa shape index (κ2) is 5.89. The molecule has 4 aliphatic rings. The molecular formula is C20H30O4. The van der Waals surface area contributed by atoms with Gasteiger partial charge in [0.25, 0.3) is 0 Å². The molecule has 1 atom stereocenters. The molecule has 0 radical (unpaired) electrons. The molecule has 0 aromatic carbocycles. The Morgan fingerprint density at radius 1 is 1.08 bits per heavy atom. The standard InChI is InChI=1S/C20H30O4/c1-12(2)17(21)24-19(4,5)18(22)23-13(3)20-9-14-6-15(10-20)8-16(7-14)11-20/h13-16H,1,6-11H2,2-5H3. The van der Waals surface area contributed by atoms with Crippen LogP contribution >= 0.6 is 0 Å². The lowest BCUT2D eigenvalue weighted by atomic mass is 9.48. The zero-order valence-corrected chi connectivity index (χ0v) is 15.4. The Morgan fingerprint density at radius 3 is 1.96 bits per heavy atom. The molecule has 0 aromatic rings. The van der Waals surface area contributed by atoms with Crippen LogP contribution in [0.25, 0.3) is 0 Å². The molecule has 134 valence electrons. The van der Waals surface area contributed by atoms with E-state index in [4.69, 9.17) is 9.47 Å². The Hall–Kier alpha value is -1.32. The molecule has 4 fully saturated rings. The number of carbonyl (C=O) groups is 2. The van der Waals surface area contributed by atoms with Crippen LogP contribution in [0.15, 0.2) is 12.2 Å². The summed E-state index contributed by atoms with van der Waals surface area (Å²) < 4.78 is 11.1. The summed E-state index contributed by atoms with van der Waals surface area (Å²) in [4.78, 5) is 24.3. The van der Waals surface area contributed by atoms with Gasteiger partial charge in [0.1, 0.15) is 6.10 Å². The van der Waals surface area contributed by atoms with Crippen LogP contribution in [0.3, 0.4) is 0 Å². The number of hydrogen-bond donors (Lipinski definition) is 0. The first-order valence-electron chi connectivity index (χ1n) is 9.21. The maximum atomic E-state index is 12.6. The first-order chi connectivity index (χ1) is 11.1. The molecule has 1 unspecified atom stereocenters. The van der Waals surface area contributed by atoms with Gasteiger partial charge in [-0.15, -0.1) is 0 Å². The summed E-state index contributed by atoms with van der Waals surface area (Å²) in [6.07, 6.45) is 7.50. The molecule has 0 saturated heterocycles. The third-order valence-electron chi connectivity index (χ3n) is 6.42. The summed E-state index contributed by atoms with van der Waals surface area (Å²) in [6.45, 7) is 10.3. The molecule has 0 heterocycles. The van der Waals surface area contributed by atoms with Gasteiger partial charge < -0.3 is 9.47 Å². The predicted octanol–water partition coefficient (Wildman–Crippen LogP) is 4.03. The number of ether oxygens (including phenoxy) is 2. The van der Waals surface area contributed by atoms with Gasteiger partial charge in [-0.2, -0.15) is 0 Å². The normalized spacial score (nSPS) is 35.4. The maximum absolute atomic E-state index is 12.6. The highest BCUT2D eigenvalue weighted by Gasteiger charge is 2.54. The van der Waals surface area contributed by atoms with Crippen LogP contribution in [-0.4, -0.2) is 23.6 Å². The number of carbonyl (C=O) groups excluding carboxylic acids is 2. The van der Waals surface area contributed by atoms with Gasteiger partial charge in [-0.25, -0.2) is 9.59 Å². The highest BCUT2D eigenvalue weighted by atomic mass is 16.6. The van der Waals surface area contributed by atoms with Crippen molar-refractivity contribution in [1.82, 2.24) is 0 Å². The van der Waals surface area contributed by atoms with Crippen molar-refractivity contribution in [1.29, 1.82) is 0 Å². The smallest absolute Gasteiger partial charge is 0.350 e. The molecule has 0 N–H and O–H groups in total. The van der Waals surface area contributed by atoms with E-state index in [1.54, 1.807) is 20.8 Å². The van der Waals surface area contributed by atoms with Crippen LogP contribution in [0.5, 0.6) is 0 Å². The van der Waals surface area contributed by atoms with Gasteiger partial charge in [-0.05, 0) is 84.0 Å².